The number of aromatic nitrogens is 1. The first kappa shape index (κ1) is 13.8. The molecular weight excluding hydrogens is 250 g/mol. The van der Waals surface area contributed by atoms with Crippen LogP contribution in [-0.4, -0.2) is 37.3 Å². The Kier molecular flexibility index (Phi) is 4.22. The van der Waals surface area contributed by atoms with Gasteiger partial charge >= 0.3 is 0 Å². The number of pyridine rings is 1. The predicted molar refractivity (Wildman–Crippen MR) is 81.1 cm³/mol. The standard InChI is InChI=1S/C16H25N3O/c1-3-13-8-12(10-17-14-4-5-14)9-16(18-13)19(2)15-6-7-20-11-15/h8-9,14-15,17H,3-7,10-11H2,1-2H3. The zero-order chi connectivity index (χ0) is 13.9. The summed E-state index contributed by atoms with van der Waals surface area (Å²) >= 11 is 0. The van der Waals surface area contributed by atoms with E-state index in [1.54, 1.807) is 0 Å². The van der Waals surface area contributed by atoms with Crippen LogP contribution in [-0.2, 0) is 17.7 Å². The van der Waals surface area contributed by atoms with E-state index in [0.29, 0.717) is 6.04 Å². The molecule has 0 radical (unpaired) electrons. The fourth-order valence-electron chi connectivity index (χ4n) is 2.66. The number of ether oxygens (including phenoxy) is 1. The fraction of sp³-hybridized carbons (Fsp3) is 0.688. The van der Waals surface area contributed by atoms with E-state index in [1.165, 1.54) is 24.1 Å². The fourth-order valence-corrected chi connectivity index (χ4v) is 2.66. The van der Waals surface area contributed by atoms with E-state index in [2.05, 4.69) is 36.3 Å². The van der Waals surface area contributed by atoms with Crippen molar-refractivity contribution in [3.63, 3.8) is 0 Å². The molecule has 1 unspecified atom stereocenters. The molecule has 0 amide bonds. The molecule has 4 nitrogen and oxygen atoms in total. The summed E-state index contributed by atoms with van der Waals surface area (Å²) in [5.74, 6) is 1.09. The number of likely N-dealkylation sites (N-methyl/N-ethyl adjacent to an activating group) is 1. The highest BCUT2D eigenvalue weighted by molar-refractivity contribution is 5.43. The van der Waals surface area contributed by atoms with Crippen molar-refractivity contribution in [2.24, 2.45) is 0 Å². The maximum atomic E-state index is 5.49. The molecule has 1 aromatic heterocycles. The molecular formula is C16H25N3O. The highest BCUT2D eigenvalue weighted by Crippen LogP contribution is 2.22. The van der Waals surface area contributed by atoms with E-state index in [9.17, 15) is 0 Å². The molecule has 20 heavy (non-hydrogen) atoms. The number of nitrogens with zero attached hydrogens (tertiary/aromatic N) is 2. The van der Waals surface area contributed by atoms with Gasteiger partial charge in [-0.25, -0.2) is 4.98 Å². The summed E-state index contributed by atoms with van der Waals surface area (Å²) in [6.07, 6.45) is 4.75. The second-order valence-electron chi connectivity index (χ2n) is 5.96. The number of rotatable bonds is 6. The molecule has 1 N–H and O–H groups in total. The second kappa shape index (κ2) is 6.10. The summed E-state index contributed by atoms with van der Waals surface area (Å²) in [4.78, 5) is 7.07. The largest absolute Gasteiger partial charge is 0.379 e. The third kappa shape index (κ3) is 3.30. The topological polar surface area (TPSA) is 37.4 Å². The van der Waals surface area contributed by atoms with E-state index in [1.807, 2.05) is 0 Å². The lowest BCUT2D eigenvalue weighted by molar-refractivity contribution is 0.193. The first-order chi connectivity index (χ1) is 9.76. The lowest BCUT2D eigenvalue weighted by atomic mass is 10.1. The molecule has 1 atom stereocenters. The van der Waals surface area contributed by atoms with Crippen LogP contribution in [0.3, 0.4) is 0 Å². The van der Waals surface area contributed by atoms with E-state index in [4.69, 9.17) is 9.72 Å². The maximum absolute atomic E-state index is 5.49. The molecule has 1 aliphatic heterocycles. The highest BCUT2D eigenvalue weighted by Gasteiger charge is 2.23. The smallest absolute Gasteiger partial charge is 0.129 e. The molecule has 110 valence electrons. The number of aryl methyl sites for hydroxylation is 1. The Morgan fingerprint density at radius 2 is 2.20 bits per heavy atom. The maximum Gasteiger partial charge on any atom is 0.129 e. The van der Waals surface area contributed by atoms with Gasteiger partial charge in [0.15, 0.2) is 0 Å². The zero-order valence-corrected chi connectivity index (χ0v) is 12.6. The first-order valence-corrected chi connectivity index (χ1v) is 7.80. The van der Waals surface area contributed by atoms with Gasteiger partial charge in [0.05, 0.1) is 12.6 Å². The lowest BCUT2D eigenvalue weighted by Gasteiger charge is -2.25. The van der Waals surface area contributed by atoms with Gasteiger partial charge in [0.2, 0.25) is 0 Å². The molecule has 2 fully saturated rings. The Morgan fingerprint density at radius 3 is 2.85 bits per heavy atom. The molecule has 4 heteroatoms. The molecule has 2 heterocycles. The Bertz CT molecular complexity index is 453. The SMILES string of the molecule is CCc1cc(CNC2CC2)cc(N(C)C2CCOC2)n1. The van der Waals surface area contributed by atoms with Gasteiger partial charge in [0.25, 0.3) is 0 Å². The van der Waals surface area contributed by atoms with Crippen LogP contribution in [0.4, 0.5) is 5.82 Å². The summed E-state index contributed by atoms with van der Waals surface area (Å²) in [6.45, 7) is 4.83. The Hall–Kier alpha value is -1.13. The summed E-state index contributed by atoms with van der Waals surface area (Å²) in [7, 11) is 2.14. The summed E-state index contributed by atoms with van der Waals surface area (Å²) < 4.78 is 5.49. The average molecular weight is 275 g/mol. The van der Waals surface area contributed by atoms with Crippen LogP contribution in [0.25, 0.3) is 0 Å². The van der Waals surface area contributed by atoms with Crippen LogP contribution in [0.15, 0.2) is 12.1 Å². The van der Waals surface area contributed by atoms with Crippen molar-refractivity contribution in [1.29, 1.82) is 0 Å². The molecule has 3 rings (SSSR count). The van der Waals surface area contributed by atoms with E-state index in [0.717, 1.165) is 44.5 Å². The number of anilines is 1. The van der Waals surface area contributed by atoms with Crippen molar-refractivity contribution >= 4 is 5.82 Å². The minimum atomic E-state index is 0.471. The van der Waals surface area contributed by atoms with E-state index < -0.39 is 0 Å². The monoisotopic (exact) mass is 275 g/mol. The number of nitrogens with one attached hydrogen (secondary N) is 1. The van der Waals surface area contributed by atoms with E-state index >= 15 is 0 Å². The molecule has 0 spiro atoms. The van der Waals surface area contributed by atoms with Crippen molar-refractivity contribution in [3.8, 4) is 0 Å². The molecule has 1 aliphatic carbocycles. The minimum absolute atomic E-state index is 0.471. The van der Waals surface area contributed by atoms with Gasteiger partial charge in [0.1, 0.15) is 5.82 Å². The van der Waals surface area contributed by atoms with Crippen molar-refractivity contribution in [1.82, 2.24) is 10.3 Å². The van der Waals surface area contributed by atoms with Gasteiger partial charge in [-0.3, -0.25) is 0 Å². The van der Waals surface area contributed by atoms with Crippen molar-refractivity contribution in [3.05, 3.63) is 23.4 Å². The molecule has 1 saturated carbocycles. The molecule has 2 aliphatic rings. The minimum Gasteiger partial charge on any atom is -0.379 e. The normalized spacial score (nSPS) is 22.2. The molecule has 0 aromatic carbocycles. The van der Waals surface area contributed by atoms with Crippen LogP contribution >= 0.6 is 0 Å². The summed E-state index contributed by atoms with van der Waals surface area (Å²) in [5.41, 5.74) is 2.53. The quantitative estimate of drug-likeness (QED) is 0.863. The molecule has 1 saturated heterocycles. The summed E-state index contributed by atoms with van der Waals surface area (Å²) in [6, 6.07) is 5.68. The lowest BCUT2D eigenvalue weighted by Crippen LogP contribution is -2.32. The van der Waals surface area contributed by atoms with Gasteiger partial charge in [-0.2, -0.15) is 0 Å². The first-order valence-electron chi connectivity index (χ1n) is 7.80. The van der Waals surface area contributed by atoms with Gasteiger partial charge in [0, 0.05) is 31.9 Å². The Morgan fingerprint density at radius 1 is 1.35 bits per heavy atom. The van der Waals surface area contributed by atoms with E-state index in [-0.39, 0.29) is 0 Å². The van der Waals surface area contributed by atoms with Gasteiger partial charge in [-0.05, 0) is 43.4 Å². The van der Waals surface area contributed by atoms with Crippen molar-refractivity contribution in [2.45, 2.75) is 51.2 Å². The van der Waals surface area contributed by atoms with Gasteiger partial charge < -0.3 is 15.0 Å². The second-order valence-corrected chi connectivity index (χ2v) is 5.96. The van der Waals surface area contributed by atoms with Crippen molar-refractivity contribution < 1.29 is 4.74 Å². The highest BCUT2D eigenvalue weighted by atomic mass is 16.5. The predicted octanol–water partition coefficient (Wildman–Crippen LogP) is 2.12. The molecule has 1 aromatic rings. The third-order valence-electron chi connectivity index (χ3n) is 4.27. The van der Waals surface area contributed by atoms with Gasteiger partial charge in [-0.1, -0.05) is 6.92 Å². The van der Waals surface area contributed by atoms with Crippen LogP contribution < -0.4 is 10.2 Å². The number of hydrogen-bond acceptors (Lipinski definition) is 4. The Balaban J connectivity index is 1.74. The van der Waals surface area contributed by atoms with Gasteiger partial charge in [-0.15, -0.1) is 0 Å². The average Bonchev–Trinajstić information content (AvgIpc) is 3.15. The third-order valence-corrected chi connectivity index (χ3v) is 4.27. The van der Waals surface area contributed by atoms with Crippen LogP contribution in [0.1, 0.15) is 37.4 Å². The van der Waals surface area contributed by atoms with Crippen LogP contribution in [0, 0.1) is 0 Å². The zero-order valence-electron chi connectivity index (χ0n) is 12.6. The van der Waals surface area contributed by atoms with Crippen molar-refractivity contribution in [2.75, 3.05) is 25.2 Å². The van der Waals surface area contributed by atoms with Crippen LogP contribution in [0.5, 0.6) is 0 Å². The molecule has 0 bridgehead atoms. The van der Waals surface area contributed by atoms with Crippen LogP contribution in [0.2, 0.25) is 0 Å². The summed E-state index contributed by atoms with van der Waals surface area (Å²) in [5, 5.41) is 3.59. The number of hydrogen-bond donors (Lipinski definition) is 1. The Labute approximate surface area is 121 Å².